The Morgan fingerprint density at radius 1 is 0.917 bits per heavy atom. The van der Waals surface area contributed by atoms with Crippen molar-refractivity contribution in [2.45, 2.75) is 27.7 Å². The van der Waals surface area contributed by atoms with Gasteiger partial charge in [0.2, 0.25) is 0 Å². The molecule has 0 radical (unpaired) electrons. The number of H-pyrrole nitrogens is 1. The third kappa shape index (κ3) is 2.83. The number of aromatic nitrogens is 1. The van der Waals surface area contributed by atoms with Crippen molar-refractivity contribution in [3.05, 3.63) is 74.6 Å². The van der Waals surface area contributed by atoms with Crippen molar-refractivity contribution in [1.29, 1.82) is 0 Å². The highest BCUT2D eigenvalue weighted by molar-refractivity contribution is 6.05. The summed E-state index contributed by atoms with van der Waals surface area (Å²) in [7, 11) is 0. The first-order valence-electron chi connectivity index (χ1n) is 7.88. The fraction of sp³-hybridized carbons (Fsp3) is 0.200. The number of aryl methyl sites for hydroxylation is 3. The Balaban J connectivity index is 1.95. The summed E-state index contributed by atoms with van der Waals surface area (Å²) in [5.41, 5.74) is 5.81. The molecule has 0 atom stereocenters. The lowest BCUT2D eigenvalue weighted by atomic mass is 10.0. The van der Waals surface area contributed by atoms with E-state index in [1.807, 2.05) is 58.0 Å². The summed E-state index contributed by atoms with van der Waals surface area (Å²) < 4.78 is 0. The van der Waals surface area contributed by atoms with E-state index in [0.717, 1.165) is 33.2 Å². The van der Waals surface area contributed by atoms with E-state index >= 15 is 0 Å². The van der Waals surface area contributed by atoms with E-state index in [0.29, 0.717) is 11.3 Å². The van der Waals surface area contributed by atoms with Gasteiger partial charge in [-0.1, -0.05) is 12.1 Å². The molecule has 1 aromatic heterocycles. The van der Waals surface area contributed by atoms with Crippen LogP contribution in [-0.2, 0) is 0 Å². The zero-order valence-corrected chi connectivity index (χ0v) is 14.3. The van der Waals surface area contributed by atoms with Gasteiger partial charge in [-0.05, 0) is 68.7 Å². The number of carbonyl (C=O) groups is 1. The topological polar surface area (TPSA) is 62.0 Å². The number of anilines is 1. The molecule has 3 aromatic rings. The average Bonchev–Trinajstić information content (AvgIpc) is 2.55. The lowest BCUT2D eigenvalue weighted by molar-refractivity contribution is 0.102. The van der Waals surface area contributed by atoms with Crippen LogP contribution >= 0.6 is 0 Å². The van der Waals surface area contributed by atoms with Crippen LogP contribution in [0.25, 0.3) is 10.9 Å². The van der Waals surface area contributed by atoms with E-state index in [9.17, 15) is 9.59 Å². The Morgan fingerprint density at radius 2 is 1.67 bits per heavy atom. The van der Waals surface area contributed by atoms with Gasteiger partial charge in [0.05, 0.1) is 5.52 Å². The minimum Gasteiger partial charge on any atom is -0.322 e. The fourth-order valence-electron chi connectivity index (χ4n) is 2.73. The molecule has 0 unspecified atom stereocenters. The minimum absolute atomic E-state index is 0.0994. The highest BCUT2D eigenvalue weighted by Gasteiger charge is 2.09. The molecule has 0 aliphatic carbocycles. The number of nitrogens with one attached hydrogen (secondary N) is 2. The zero-order valence-electron chi connectivity index (χ0n) is 14.3. The number of hydrogen-bond acceptors (Lipinski definition) is 2. The number of pyridine rings is 1. The monoisotopic (exact) mass is 320 g/mol. The molecule has 24 heavy (non-hydrogen) atoms. The molecule has 122 valence electrons. The van der Waals surface area contributed by atoms with Crippen molar-refractivity contribution < 1.29 is 4.79 Å². The van der Waals surface area contributed by atoms with Crippen molar-refractivity contribution in [1.82, 2.24) is 4.98 Å². The van der Waals surface area contributed by atoms with Crippen LogP contribution in [-0.4, -0.2) is 10.9 Å². The van der Waals surface area contributed by atoms with Gasteiger partial charge < -0.3 is 10.3 Å². The predicted molar refractivity (Wildman–Crippen MR) is 97.9 cm³/mol. The van der Waals surface area contributed by atoms with Crippen molar-refractivity contribution in [3.63, 3.8) is 0 Å². The molecule has 4 nitrogen and oxygen atoms in total. The highest BCUT2D eigenvalue weighted by Crippen LogP contribution is 2.21. The SMILES string of the molecule is Cc1ccc(C(=O)Nc2ccc3c(C)c(C)c(=O)[nH]c3c2)cc1C. The highest BCUT2D eigenvalue weighted by atomic mass is 16.1. The quantitative estimate of drug-likeness (QED) is 0.749. The van der Waals surface area contributed by atoms with Crippen molar-refractivity contribution in [3.8, 4) is 0 Å². The molecule has 0 aliphatic heterocycles. The van der Waals surface area contributed by atoms with Crippen LogP contribution in [0.5, 0.6) is 0 Å². The van der Waals surface area contributed by atoms with Gasteiger partial charge in [-0.3, -0.25) is 9.59 Å². The molecule has 0 saturated heterocycles. The first-order chi connectivity index (χ1) is 11.4. The Morgan fingerprint density at radius 3 is 2.38 bits per heavy atom. The van der Waals surface area contributed by atoms with Gasteiger partial charge in [0, 0.05) is 22.2 Å². The van der Waals surface area contributed by atoms with Crippen LogP contribution in [0, 0.1) is 27.7 Å². The Labute approximate surface area is 140 Å². The molecule has 0 aliphatic rings. The first kappa shape index (κ1) is 16.0. The van der Waals surface area contributed by atoms with Crippen LogP contribution in [0.4, 0.5) is 5.69 Å². The standard InChI is InChI=1S/C20H20N2O2/c1-11-5-6-15(9-12(11)2)20(24)21-16-7-8-17-13(3)14(4)19(23)22-18(17)10-16/h5-10H,1-4H3,(H,21,24)(H,22,23). The Bertz CT molecular complexity index is 1020. The first-order valence-corrected chi connectivity index (χ1v) is 7.88. The maximum atomic E-state index is 12.4. The number of fused-ring (bicyclic) bond motifs is 1. The summed E-state index contributed by atoms with van der Waals surface area (Å²) >= 11 is 0. The molecule has 1 amide bonds. The van der Waals surface area contributed by atoms with Crippen molar-refractivity contribution in [2.75, 3.05) is 5.32 Å². The van der Waals surface area contributed by atoms with Crippen molar-refractivity contribution >= 4 is 22.5 Å². The average molecular weight is 320 g/mol. The van der Waals surface area contributed by atoms with E-state index < -0.39 is 0 Å². The van der Waals surface area contributed by atoms with Gasteiger partial charge in [-0.2, -0.15) is 0 Å². The molecule has 2 aromatic carbocycles. The number of aromatic amines is 1. The third-order valence-electron chi connectivity index (χ3n) is 4.60. The number of hydrogen-bond donors (Lipinski definition) is 2. The van der Waals surface area contributed by atoms with Crippen LogP contribution in [0.1, 0.15) is 32.6 Å². The van der Waals surface area contributed by atoms with Gasteiger partial charge in [0.25, 0.3) is 11.5 Å². The summed E-state index contributed by atoms with van der Waals surface area (Å²) in [5, 5.41) is 3.87. The number of amides is 1. The third-order valence-corrected chi connectivity index (χ3v) is 4.60. The summed E-state index contributed by atoms with van der Waals surface area (Å²) in [4.78, 5) is 27.2. The second-order valence-electron chi connectivity index (χ2n) is 6.22. The summed E-state index contributed by atoms with van der Waals surface area (Å²) in [5.74, 6) is -0.163. The Kier molecular flexibility index (Phi) is 3.97. The molecule has 0 spiro atoms. The van der Waals surface area contributed by atoms with Crippen LogP contribution in [0.3, 0.4) is 0 Å². The van der Waals surface area contributed by atoms with Gasteiger partial charge in [-0.25, -0.2) is 0 Å². The van der Waals surface area contributed by atoms with Crippen LogP contribution < -0.4 is 10.9 Å². The normalized spacial score (nSPS) is 10.8. The molecular formula is C20H20N2O2. The van der Waals surface area contributed by atoms with E-state index in [1.54, 1.807) is 6.07 Å². The summed E-state index contributed by atoms with van der Waals surface area (Å²) in [6.07, 6.45) is 0. The predicted octanol–water partition coefficient (Wildman–Crippen LogP) is 4.01. The number of benzene rings is 2. The Hall–Kier alpha value is -2.88. The minimum atomic E-state index is -0.163. The summed E-state index contributed by atoms with van der Waals surface area (Å²) in [6, 6.07) is 11.2. The largest absolute Gasteiger partial charge is 0.322 e. The smallest absolute Gasteiger partial charge is 0.255 e. The second-order valence-corrected chi connectivity index (χ2v) is 6.22. The molecule has 4 heteroatoms. The molecule has 0 fully saturated rings. The lowest BCUT2D eigenvalue weighted by Gasteiger charge is -2.10. The molecule has 1 heterocycles. The van der Waals surface area contributed by atoms with Gasteiger partial charge in [0.1, 0.15) is 0 Å². The zero-order chi connectivity index (χ0) is 17.4. The van der Waals surface area contributed by atoms with Crippen LogP contribution in [0.2, 0.25) is 0 Å². The van der Waals surface area contributed by atoms with Gasteiger partial charge in [0.15, 0.2) is 0 Å². The maximum Gasteiger partial charge on any atom is 0.255 e. The molecular weight excluding hydrogens is 300 g/mol. The summed E-state index contributed by atoms with van der Waals surface area (Å²) in [6.45, 7) is 7.74. The number of rotatable bonds is 2. The van der Waals surface area contributed by atoms with E-state index in [1.165, 1.54) is 0 Å². The molecule has 2 N–H and O–H groups in total. The van der Waals surface area contributed by atoms with Gasteiger partial charge in [-0.15, -0.1) is 0 Å². The molecule has 3 rings (SSSR count). The van der Waals surface area contributed by atoms with Gasteiger partial charge >= 0.3 is 0 Å². The lowest BCUT2D eigenvalue weighted by Crippen LogP contribution is -2.14. The second kappa shape index (κ2) is 5.96. The maximum absolute atomic E-state index is 12.4. The fourth-order valence-corrected chi connectivity index (χ4v) is 2.73. The number of carbonyl (C=O) groups excluding carboxylic acids is 1. The van der Waals surface area contributed by atoms with E-state index in [-0.39, 0.29) is 11.5 Å². The van der Waals surface area contributed by atoms with Crippen molar-refractivity contribution in [2.24, 2.45) is 0 Å². The van der Waals surface area contributed by atoms with Crippen LogP contribution in [0.15, 0.2) is 41.2 Å². The van der Waals surface area contributed by atoms with E-state index in [4.69, 9.17) is 0 Å². The van der Waals surface area contributed by atoms with E-state index in [2.05, 4.69) is 10.3 Å². The molecule has 0 saturated carbocycles. The molecule has 0 bridgehead atoms.